The number of sulfone groups is 1. The van der Waals surface area contributed by atoms with Crippen LogP contribution in [0, 0.1) is 11.8 Å². The Bertz CT molecular complexity index is 279. The molecule has 4 heteroatoms. The normalized spacial score (nSPS) is 21.1. The van der Waals surface area contributed by atoms with E-state index < -0.39 is 9.84 Å². The van der Waals surface area contributed by atoms with Crippen LogP contribution in [-0.4, -0.2) is 26.0 Å². The molecule has 1 fully saturated rings. The molecule has 0 spiro atoms. The van der Waals surface area contributed by atoms with E-state index in [1.807, 2.05) is 13.8 Å². The van der Waals surface area contributed by atoms with Crippen LogP contribution in [0.2, 0.25) is 0 Å². The maximum atomic E-state index is 11.7. The lowest BCUT2D eigenvalue weighted by Gasteiger charge is -2.19. The summed E-state index contributed by atoms with van der Waals surface area (Å²) in [4.78, 5) is 0. The quantitative estimate of drug-likeness (QED) is 0.784. The molecular formula is C11H23NO2S. The first-order valence-electron chi connectivity index (χ1n) is 5.87. The van der Waals surface area contributed by atoms with E-state index in [1.165, 1.54) is 12.8 Å². The molecule has 0 aromatic carbocycles. The van der Waals surface area contributed by atoms with Crippen LogP contribution < -0.4 is 5.73 Å². The fourth-order valence-electron chi connectivity index (χ4n) is 2.39. The molecule has 1 rings (SSSR count). The Balaban J connectivity index is 2.45. The van der Waals surface area contributed by atoms with Crippen LogP contribution in [-0.2, 0) is 9.84 Å². The third kappa shape index (κ3) is 4.51. The van der Waals surface area contributed by atoms with Gasteiger partial charge >= 0.3 is 0 Å². The minimum absolute atomic E-state index is 0.142. The van der Waals surface area contributed by atoms with Crippen LogP contribution in [0.25, 0.3) is 0 Å². The minimum Gasteiger partial charge on any atom is -0.327 e. The Morgan fingerprint density at radius 1 is 1.20 bits per heavy atom. The largest absolute Gasteiger partial charge is 0.327 e. The molecule has 0 bridgehead atoms. The zero-order valence-corrected chi connectivity index (χ0v) is 10.6. The second kappa shape index (κ2) is 5.30. The van der Waals surface area contributed by atoms with Gasteiger partial charge in [0.1, 0.15) is 0 Å². The van der Waals surface area contributed by atoms with Crippen molar-refractivity contribution >= 4 is 9.84 Å². The molecule has 0 aromatic heterocycles. The average molecular weight is 233 g/mol. The van der Waals surface area contributed by atoms with Crippen molar-refractivity contribution < 1.29 is 8.42 Å². The van der Waals surface area contributed by atoms with E-state index in [4.69, 9.17) is 5.73 Å². The number of hydrogen-bond donors (Lipinski definition) is 1. The second-order valence-electron chi connectivity index (χ2n) is 5.18. The van der Waals surface area contributed by atoms with Crippen LogP contribution in [0.1, 0.15) is 39.5 Å². The first-order valence-corrected chi connectivity index (χ1v) is 7.69. The third-order valence-electron chi connectivity index (χ3n) is 3.04. The van der Waals surface area contributed by atoms with Crippen molar-refractivity contribution in [2.24, 2.45) is 17.6 Å². The van der Waals surface area contributed by atoms with Crippen molar-refractivity contribution in [2.45, 2.75) is 45.6 Å². The van der Waals surface area contributed by atoms with Crippen LogP contribution >= 0.6 is 0 Å². The van der Waals surface area contributed by atoms with E-state index in [1.54, 1.807) is 0 Å². The molecule has 0 aliphatic heterocycles. The molecule has 90 valence electrons. The Hall–Kier alpha value is -0.0900. The van der Waals surface area contributed by atoms with Crippen molar-refractivity contribution in [1.82, 2.24) is 0 Å². The van der Waals surface area contributed by atoms with Crippen molar-refractivity contribution in [2.75, 3.05) is 11.5 Å². The highest BCUT2D eigenvalue weighted by atomic mass is 32.2. The van der Waals surface area contributed by atoms with E-state index in [0.29, 0.717) is 5.92 Å². The summed E-state index contributed by atoms with van der Waals surface area (Å²) in [6.45, 7) is 3.86. The van der Waals surface area contributed by atoms with E-state index in [2.05, 4.69) is 0 Å². The fourth-order valence-corrected chi connectivity index (χ4v) is 4.40. The predicted octanol–water partition coefficient (Wildman–Crippen LogP) is 1.57. The number of hydrogen-bond acceptors (Lipinski definition) is 3. The van der Waals surface area contributed by atoms with Crippen molar-refractivity contribution in [1.29, 1.82) is 0 Å². The summed E-state index contributed by atoms with van der Waals surface area (Å²) in [5.74, 6) is 1.08. The summed E-state index contributed by atoms with van der Waals surface area (Å²) >= 11 is 0. The Morgan fingerprint density at radius 3 is 2.20 bits per heavy atom. The van der Waals surface area contributed by atoms with E-state index in [9.17, 15) is 8.42 Å². The summed E-state index contributed by atoms with van der Waals surface area (Å²) in [6, 6.07) is -0.142. The second-order valence-corrected chi connectivity index (χ2v) is 7.33. The molecule has 3 nitrogen and oxygen atoms in total. The summed E-state index contributed by atoms with van der Waals surface area (Å²) in [5.41, 5.74) is 5.96. The third-order valence-corrected chi connectivity index (χ3v) is 5.11. The maximum Gasteiger partial charge on any atom is 0.152 e. The van der Waals surface area contributed by atoms with Crippen LogP contribution in [0.4, 0.5) is 0 Å². The van der Waals surface area contributed by atoms with Crippen LogP contribution in [0.3, 0.4) is 0 Å². The van der Waals surface area contributed by atoms with Gasteiger partial charge in [-0.25, -0.2) is 8.42 Å². The lowest BCUT2D eigenvalue weighted by molar-refractivity contribution is 0.454. The zero-order valence-electron chi connectivity index (χ0n) is 9.78. The van der Waals surface area contributed by atoms with Gasteiger partial charge < -0.3 is 5.73 Å². The molecule has 1 atom stereocenters. The van der Waals surface area contributed by atoms with E-state index in [-0.39, 0.29) is 23.5 Å². The maximum absolute atomic E-state index is 11.7. The first-order chi connectivity index (χ1) is 6.91. The summed E-state index contributed by atoms with van der Waals surface area (Å²) in [7, 11) is -2.94. The lowest BCUT2D eigenvalue weighted by atomic mass is 10.0. The highest BCUT2D eigenvalue weighted by Gasteiger charge is 2.26. The Kier molecular flexibility index (Phi) is 4.59. The molecule has 0 aromatic rings. The van der Waals surface area contributed by atoms with Gasteiger partial charge in [-0.3, -0.25) is 0 Å². The summed E-state index contributed by atoms with van der Waals surface area (Å²) in [6.07, 6.45) is 4.64. The summed E-state index contributed by atoms with van der Waals surface area (Å²) in [5, 5.41) is 0. The molecule has 15 heavy (non-hydrogen) atoms. The highest BCUT2D eigenvalue weighted by Crippen LogP contribution is 2.27. The van der Waals surface area contributed by atoms with Gasteiger partial charge in [-0.05, 0) is 24.7 Å². The number of nitrogens with two attached hydrogens (primary N) is 1. The van der Waals surface area contributed by atoms with Gasteiger partial charge in [0.05, 0.1) is 11.5 Å². The molecular weight excluding hydrogens is 210 g/mol. The lowest BCUT2D eigenvalue weighted by Crippen LogP contribution is -2.37. The van der Waals surface area contributed by atoms with E-state index in [0.717, 1.165) is 12.8 Å². The van der Waals surface area contributed by atoms with Gasteiger partial charge in [0, 0.05) is 6.04 Å². The molecule has 0 radical (unpaired) electrons. The number of rotatable bonds is 5. The molecule has 1 saturated carbocycles. The summed E-state index contributed by atoms with van der Waals surface area (Å²) < 4.78 is 23.5. The van der Waals surface area contributed by atoms with Gasteiger partial charge in [-0.1, -0.05) is 26.7 Å². The molecule has 0 amide bonds. The van der Waals surface area contributed by atoms with Gasteiger partial charge in [0.2, 0.25) is 0 Å². The topological polar surface area (TPSA) is 60.2 Å². The fraction of sp³-hybridized carbons (Fsp3) is 1.00. The van der Waals surface area contributed by atoms with Crippen LogP contribution in [0.15, 0.2) is 0 Å². The molecule has 1 unspecified atom stereocenters. The smallest absolute Gasteiger partial charge is 0.152 e. The SMILES string of the molecule is CC(C)CS(=O)(=O)CC(N)C1CCCC1. The average Bonchev–Trinajstić information content (AvgIpc) is 2.50. The zero-order chi connectivity index (χ0) is 11.5. The molecule has 1 aliphatic rings. The van der Waals surface area contributed by atoms with Gasteiger partial charge in [-0.2, -0.15) is 0 Å². The molecule has 2 N–H and O–H groups in total. The van der Waals surface area contributed by atoms with Gasteiger partial charge in [0.25, 0.3) is 0 Å². The van der Waals surface area contributed by atoms with Crippen LogP contribution in [0.5, 0.6) is 0 Å². The molecule has 1 aliphatic carbocycles. The standard InChI is InChI=1S/C11H23NO2S/c1-9(2)7-15(13,14)8-11(12)10-5-3-4-6-10/h9-11H,3-8,12H2,1-2H3. The van der Waals surface area contributed by atoms with Crippen molar-refractivity contribution in [3.05, 3.63) is 0 Å². The Labute approximate surface area is 93.3 Å². The first kappa shape index (κ1) is 13.0. The van der Waals surface area contributed by atoms with Gasteiger partial charge in [-0.15, -0.1) is 0 Å². The van der Waals surface area contributed by atoms with E-state index >= 15 is 0 Å². The highest BCUT2D eigenvalue weighted by molar-refractivity contribution is 7.91. The monoisotopic (exact) mass is 233 g/mol. The minimum atomic E-state index is -2.94. The Morgan fingerprint density at radius 2 is 1.73 bits per heavy atom. The van der Waals surface area contributed by atoms with Crippen molar-refractivity contribution in [3.8, 4) is 0 Å². The van der Waals surface area contributed by atoms with Crippen molar-refractivity contribution in [3.63, 3.8) is 0 Å². The molecule has 0 saturated heterocycles. The predicted molar refractivity (Wildman–Crippen MR) is 63.4 cm³/mol. The molecule has 0 heterocycles. The van der Waals surface area contributed by atoms with Gasteiger partial charge in [0.15, 0.2) is 9.84 Å².